The van der Waals surface area contributed by atoms with Crippen LogP contribution < -0.4 is 5.32 Å². The van der Waals surface area contributed by atoms with Gasteiger partial charge >= 0.3 is 0 Å². The molecular formula is C13H18FNO. The molecule has 1 aliphatic heterocycles. The van der Waals surface area contributed by atoms with Gasteiger partial charge in [0, 0.05) is 18.0 Å². The van der Waals surface area contributed by atoms with Gasteiger partial charge in [-0.3, -0.25) is 0 Å². The quantitative estimate of drug-likeness (QED) is 0.846. The molecule has 1 saturated heterocycles. The first-order valence-electron chi connectivity index (χ1n) is 5.66. The molecule has 2 nitrogen and oxygen atoms in total. The molecule has 3 heteroatoms. The van der Waals surface area contributed by atoms with Crippen molar-refractivity contribution in [1.82, 2.24) is 5.32 Å². The molecule has 16 heavy (non-hydrogen) atoms. The molecule has 88 valence electrons. The van der Waals surface area contributed by atoms with Crippen molar-refractivity contribution in [2.24, 2.45) is 5.41 Å². The van der Waals surface area contributed by atoms with Gasteiger partial charge in [0.2, 0.25) is 0 Å². The third-order valence-electron chi connectivity index (χ3n) is 3.11. The van der Waals surface area contributed by atoms with Crippen LogP contribution in [0.15, 0.2) is 24.3 Å². The summed E-state index contributed by atoms with van der Waals surface area (Å²) in [6.45, 7) is 6.90. The van der Waals surface area contributed by atoms with Gasteiger partial charge in [-0.05, 0) is 24.6 Å². The van der Waals surface area contributed by atoms with Crippen LogP contribution in [0.1, 0.15) is 25.5 Å². The lowest BCUT2D eigenvalue weighted by Gasteiger charge is -2.39. The molecule has 0 aromatic heterocycles. The number of hydrogen-bond acceptors (Lipinski definition) is 2. The maximum atomic E-state index is 12.8. The van der Waals surface area contributed by atoms with Crippen molar-refractivity contribution in [3.05, 3.63) is 35.6 Å². The standard InChI is InChI=1S/C13H18FNO/c1-10(11-3-5-12(14)6-4-11)15-7-13(2)8-16-9-13/h3-6,10,15H,7-9H2,1-2H3. The van der Waals surface area contributed by atoms with Crippen LogP contribution in [-0.4, -0.2) is 19.8 Å². The molecule has 1 atom stereocenters. The van der Waals surface area contributed by atoms with Crippen LogP contribution in [0.4, 0.5) is 4.39 Å². The van der Waals surface area contributed by atoms with Gasteiger partial charge in [0.25, 0.3) is 0 Å². The summed E-state index contributed by atoms with van der Waals surface area (Å²) < 4.78 is 18.0. The maximum Gasteiger partial charge on any atom is 0.123 e. The van der Waals surface area contributed by atoms with E-state index in [-0.39, 0.29) is 17.3 Å². The summed E-state index contributed by atoms with van der Waals surface area (Å²) in [6, 6.07) is 6.90. The Bertz CT molecular complexity index is 345. The number of ether oxygens (including phenoxy) is 1. The summed E-state index contributed by atoms with van der Waals surface area (Å²) in [5.41, 5.74) is 1.39. The zero-order chi connectivity index (χ0) is 11.6. The number of halogens is 1. The molecule has 1 N–H and O–H groups in total. The second-order valence-electron chi connectivity index (χ2n) is 4.96. The minimum atomic E-state index is -0.185. The van der Waals surface area contributed by atoms with Crippen molar-refractivity contribution in [3.8, 4) is 0 Å². The van der Waals surface area contributed by atoms with Crippen LogP contribution in [0.3, 0.4) is 0 Å². The third kappa shape index (κ3) is 2.60. The van der Waals surface area contributed by atoms with Crippen molar-refractivity contribution < 1.29 is 9.13 Å². The first-order chi connectivity index (χ1) is 7.59. The van der Waals surface area contributed by atoms with E-state index in [9.17, 15) is 4.39 Å². The van der Waals surface area contributed by atoms with Crippen molar-refractivity contribution >= 4 is 0 Å². The van der Waals surface area contributed by atoms with E-state index in [2.05, 4.69) is 19.2 Å². The lowest BCUT2D eigenvalue weighted by atomic mass is 9.88. The summed E-state index contributed by atoms with van der Waals surface area (Å²) in [5.74, 6) is -0.185. The Balaban J connectivity index is 1.87. The van der Waals surface area contributed by atoms with E-state index in [1.807, 2.05) is 12.1 Å². The van der Waals surface area contributed by atoms with Crippen LogP contribution in [-0.2, 0) is 4.74 Å². The number of rotatable bonds is 4. The second-order valence-corrected chi connectivity index (χ2v) is 4.96. The number of hydrogen-bond donors (Lipinski definition) is 1. The predicted octanol–water partition coefficient (Wildman–Crippen LogP) is 2.51. The molecule has 1 unspecified atom stereocenters. The van der Waals surface area contributed by atoms with Gasteiger partial charge in [0.05, 0.1) is 13.2 Å². The predicted molar refractivity (Wildman–Crippen MR) is 61.7 cm³/mol. The largest absolute Gasteiger partial charge is 0.380 e. The molecule has 2 rings (SSSR count). The zero-order valence-corrected chi connectivity index (χ0v) is 9.79. The van der Waals surface area contributed by atoms with Gasteiger partial charge in [-0.25, -0.2) is 4.39 Å². The van der Waals surface area contributed by atoms with Gasteiger partial charge in [0.1, 0.15) is 5.82 Å². The summed E-state index contributed by atoms with van der Waals surface area (Å²) in [6.07, 6.45) is 0. The first kappa shape index (κ1) is 11.6. The molecular weight excluding hydrogens is 205 g/mol. The summed E-state index contributed by atoms with van der Waals surface area (Å²) in [7, 11) is 0. The average molecular weight is 223 g/mol. The maximum absolute atomic E-state index is 12.8. The summed E-state index contributed by atoms with van der Waals surface area (Å²) >= 11 is 0. The van der Waals surface area contributed by atoms with Gasteiger partial charge < -0.3 is 10.1 Å². The average Bonchev–Trinajstić information content (AvgIpc) is 2.24. The SMILES string of the molecule is CC(NCC1(C)COC1)c1ccc(F)cc1. The fourth-order valence-electron chi connectivity index (χ4n) is 1.82. The van der Waals surface area contributed by atoms with E-state index in [0.717, 1.165) is 25.3 Å². The smallest absolute Gasteiger partial charge is 0.123 e. The van der Waals surface area contributed by atoms with Crippen molar-refractivity contribution in [2.45, 2.75) is 19.9 Å². The molecule has 0 radical (unpaired) electrons. The van der Waals surface area contributed by atoms with Crippen molar-refractivity contribution in [3.63, 3.8) is 0 Å². The van der Waals surface area contributed by atoms with Gasteiger partial charge in [-0.1, -0.05) is 19.1 Å². The summed E-state index contributed by atoms with van der Waals surface area (Å²) in [5, 5.41) is 3.46. The van der Waals surface area contributed by atoms with Crippen LogP contribution in [0.2, 0.25) is 0 Å². The molecule has 0 spiro atoms. The van der Waals surface area contributed by atoms with Gasteiger partial charge in [0.15, 0.2) is 0 Å². The first-order valence-corrected chi connectivity index (χ1v) is 5.66. The molecule has 0 bridgehead atoms. The lowest BCUT2D eigenvalue weighted by molar-refractivity contribution is -0.0999. The fraction of sp³-hybridized carbons (Fsp3) is 0.538. The normalized spacial score (nSPS) is 20.2. The lowest BCUT2D eigenvalue weighted by Crippen LogP contribution is -2.47. The van der Waals surface area contributed by atoms with Crippen LogP contribution >= 0.6 is 0 Å². The highest BCUT2D eigenvalue weighted by molar-refractivity contribution is 5.19. The molecule has 0 aliphatic carbocycles. The van der Waals surface area contributed by atoms with Crippen molar-refractivity contribution in [2.75, 3.05) is 19.8 Å². The molecule has 0 saturated carbocycles. The van der Waals surface area contributed by atoms with E-state index >= 15 is 0 Å². The van der Waals surface area contributed by atoms with Gasteiger partial charge in [-0.2, -0.15) is 0 Å². The monoisotopic (exact) mass is 223 g/mol. The Morgan fingerprint density at radius 3 is 2.50 bits per heavy atom. The highest BCUT2D eigenvalue weighted by Gasteiger charge is 2.33. The third-order valence-corrected chi connectivity index (χ3v) is 3.11. The Morgan fingerprint density at radius 2 is 2.00 bits per heavy atom. The highest BCUT2D eigenvalue weighted by atomic mass is 19.1. The molecule has 1 aliphatic rings. The summed E-state index contributed by atoms with van der Waals surface area (Å²) in [4.78, 5) is 0. The molecule has 1 fully saturated rings. The Kier molecular flexibility index (Phi) is 3.26. The zero-order valence-electron chi connectivity index (χ0n) is 9.79. The molecule has 1 aromatic rings. The Morgan fingerprint density at radius 1 is 1.38 bits per heavy atom. The Labute approximate surface area is 95.8 Å². The van der Waals surface area contributed by atoms with Crippen LogP contribution in [0, 0.1) is 11.2 Å². The minimum Gasteiger partial charge on any atom is -0.380 e. The van der Waals surface area contributed by atoms with E-state index < -0.39 is 0 Å². The van der Waals surface area contributed by atoms with E-state index in [4.69, 9.17) is 4.74 Å². The highest BCUT2D eigenvalue weighted by Crippen LogP contribution is 2.26. The molecule has 0 amide bonds. The molecule has 1 aromatic carbocycles. The second kappa shape index (κ2) is 4.52. The topological polar surface area (TPSA) is 21.3 Å². The van der Waals surface area contributed by atoms with E-state index in [1.165, 1.54) is 12.1 Å². The van der Waals surface area contributed by atoms with E-state index in [1.54, 1.807) is 0 Å². The molecule has 1 heterocycles. The van der Waals surface area contributed by atoms with E-state index in [0.29, 0.717) is 0 Å². The van der Waals surface area contributed by atoms with Crippen LogP contribution in [0.25, 0.3) is 0 Å². The van der Waals surface area contributed by atoms with Gasteiger partial charge in [-0.15, -0.1) is 0 Å². The van der Waals surface area contributed by atoms with Crippen molar-refractivity contribution in [1.29, 1.82) is 0 Å². The Hall–Kier alpha value is -0.930. The minimum absolute atomic E-state index is 0.185. The number of nitrogens with one attached hydrogen (secondary N) is 1. The number of benzene rings is 1. The fourth-order valence-corrected chi connectivity index (χ4v) is 1.82. The van der Waals surface area contributed by atoms with Crippen LogP contribution in [0.5, 0.6) is 0 Å².